The molecule has 3 aliphatic rings. The van der Waals surface area contributed by atoms with Crippen molar-refractivity contribution in [2.75, 3.05) is 7.11 Å². The molecule has 1 heterocycles. The van der Waals surface area contributed by atoms with Gasteiger partial charge in [-0.2, -0.15) is 0 Å². The third-order valence-corrected chi connectivity index (χ3v) is 4.02. The number of barbiturate groups is 1. The summed E-state index contributed by atoms with van der Waals surface area (Å²) in [6, 6.07) is -0.685. The van der Waals surface area contributed by atoms with Crippen molar-refractivity contribution < 1.29 is 19.1 Å². The monoisotopic (exact) mass is 238 g/mol. The molecule has 92 valence electrons. The lowest BCUT2D eigenvalue weighted by Gasteiger charge is -2.43. The van der Waals surface area contributed by atoms with Crippen LogP contribution in [0.1, 0.15) is 25.7 Å². The summed E-state index contributed by atoms with van der Waals surface area (Å²) >= 11 is 0. The van der Waals surface area contributed by atoms with Crippen LogP contribution >= 0.6 is 0 Å². The van der Waals surface area contributed by atoms with Gasteiger partial charge in [-0.15, -0.1) is 0 Å². The molecule has 0 radical (unpaired) electrons. The van der Waals surface area contributed by atoms with Crippen molar-refractivity contribution in [2.45, 2.75) is 37.8 Å². The van der Waals surface area contributed by atoms with Gasteiger partial charge in [0.1, 0.15) is 5.41 Å². The fraction of sp³-hybridized carbons (Fsp3) is 0.727. The van der Waals surface area contributed by atoms with E-state index in [1.54, 1.807) is 7.11 Å². The summed E-state index contributed by atoms with van der Waals surface area (Å²) in [5.41, 5.74) is -0.925. The maximum absolute atomic E-state index is 12.2. The summed E-state index contributed by atoms with van der Waals surface area (Å²) < 4.78 is 5.13. The smallest absolute Gasteiger partial charge is 0.331 e. The first-order chi connectivity index (χ1) is 8.08. The van der Waals surface area contributed by atoms with Gasteiger partial charge in [-0.3, -0.25) is 19.8 Å². The number of carbonyl (C=O) groups excluding carboxylic acids is 3. The number of nitrogens with zero attached hydrogens (tertiary/aromatic N) is 1. The SMILES string of the molecule is COC1CC(N2C(=O)NC(=O)C3(CC3)C2=O)C1. The van der Waals surface area contributed by atoms with Crippen molar-refractivity contribution >= 4 is 17.8 Å². The number of hydrogen-bond donors (Lipinski definition) is 1. The maximum Gasteiger partial charge on any atom is 0.331 e. The summed E-state index contributed by atoms with van der Waals surface area (Å²) in [6.07, 6.45) is 2.57. The van der Waals surface area contributed by atoms with Gasteiger partial charge in [-0.1, -0.05) is 0 Å². The van der Waals surface area contributed by atoms with Gasteiger partial charge in [0.25, 0.3) is 0 Å². The van der Waals surface area contributed by atoms with Crippen LogP contribution in [0.4, 0.5) is 4.79 Å². The molecular weight excluding hydrogens is 224 g/mol. The topological polar surface area (TPSA) is 75.7 Å². The Morgan fingerprint density at radius 1 is 1.29 bits per heavy atom. The maximum atomic E-state index is 12.2. The molecule has 3 fully saturated rings. The van der Waals surface area contributed by atoms with E-state index in [0.717, 1.165) is 0 Å². The van der Waals surface area contributed by atoms with E-state index in [-0.39, 0.29) is 18.1 Å². The van der Waals surface area contributed by atoms with Gasteiger partial charge in [-0.05, 0) is 25.7 Å². The Kier molecular flexibility index (Phi) is 2.07. The Morgan fingerprint density at radius 2 is 1.94 bits per heavy atom. The van der Waals surface area contributed by atoms with Gasteiger partial charge in [0.15, 0.2) is 0 Å². The lowest BCUT2D eigenvalue weighted by atomic mass is 9.86. The minimum absolute atomic E-state index is 0.113. The molecule has 0 atom stereocenters. The highest BCUT2D eigenvalue weighted by atomic mass is 16.5. The first-order valence-corrected chi connectivity index (χ1v) is 5.80. The number of rotatable bonds is 2. The molecule has 17 heavy (non-hydrogen) atoms. The van der Waals surface area contributed by atoms with Crippen LogP contribution in [0.25, 0.3) is 0 Å². The molecule has 4 amide bonds. The zero-order valence-corrected chi connectivity index (χ0v) is 9.56. The van der Waals surface area contributed by atoms with Crippen LogP contribution in [0, 0.1) is 5.41 Å². The average molecular weight is 238 g/mol. The van der Waals surface area contributed by atoms with Crippen LogP contribution in [-0.2, 0) is 14.3 Å². The molecule has 0 aromatic carbocycles. The van der Waals surface area contributed by atoms with Gasteiger partial charge in [0.05, 0.1) is 6.10 Å². The Morgan fingerprint density at radius 3 is 2.47 bits per heavy atom. The van der Waals surface area contributed by atoms with Crippen LogP contribution in [0.2, 0.25) is 0 Å². The molecule has 0 bridgehead atoms. The highest BCUT2D eigenvalue weighted by molar-refractivity contribution is 6.21. The molecule has 1 saturated heterocycles. The number of methoxy groups -OCH3 is 1. The minimum atomic E-state index is -0.925. The first-order valence-electron chi connectivity index (χ1n) is 5.80. The molecule has 0 aromatic rings. The molecule has 1 aliphatic heterocycles. The lowest BCUT2D eigenvalue weighted by molar-refractivity contribution is -0.149. The van der Waals surface area contributed by atoms with E-state index in [2.05, 4.69) is 5.32 Å². The van der Waals surface area contributed by atoms with Crippen LogP contribution in [0.3, 0.4) is 0 Å². The molecule has 6 heteroatoms. The zero-order chi connectivity index (χ0) is 12.2. The first kappa shape index (κ1) is 10.7. The molecule has 2 aliphatic carbocycles. The fourth-order valence-electron chi connectivity index (χ4n) is 2.54. The molecule has 3 rings (SSSR count). The van der Waals surface area contributed by atoms with Crippen molar-refractivity contribution in [1.29, 1.82) is 0 Å². The minimum Gasteiger partial charge on any atom is -0.381 e. The number of hydrogen-bond acceptors (Lipinski definition) is 4. The van der Waals surface area contributed by atoms with Crippen molar-refractivity contribution in [3.8, 4) is 0 Å². The third-order valence-electron chi connectivity index (χ3n) is 4.02. The van der Waals surface area contributed by atoms with E-state index in [9.17, 15) is 14.4 Å². The number of nitrogens with one attached hydrogen (secondary N) is 1. The highest BCUT2D eigenvalue weighted by Crippen LogP contribution is 2.50. The van der Waals surface area contributed by atoms with E-state index in [0.29, 0.717) is 25.7 Å². The molecule has 6 nitrogen and oxygen atoms in total. The zero-order valence-electron chi connectivity index (χ0n) is 9.56. The lowest BCUT2D eigenvalue weighted by Crippen LogP contribution is -2.64. The fourth-order valence-corrected chi connectivity index (χ4v) is 2.54. The molecule has 1 N–H and O–H groups in total. The number of carbonyl (C=O) groups is 3. The van der Waals surface area contributed by atoms with E-state index >= 15 is 0 Å². The van der Waals surface area contributed by atoms with Crippen LogP contribution in [0.15, 0.2) is 0 Å². The second-order valence-electron chi connectivity index (χ2n) is 5.00. The second-order valence-corrected chi connectivity index (χ2v) is 5.00. The Labute approximate surface area is 98.3 Å². The summed E-state index contributed by atoms with van der Waals surface area (Å²) in [5, 5.41) is 2.28. The number of ether oxygens (including phenoxy) is 1. The third kappa shape index (κ3) is 1.33. The predicted molar refractivity (Wildman–Crippen MR) is 55.9 cm³/mol. The van der Waals surface area contributed by atoms with E-state index in [4.69, 9.17) is 4.74 Å². The predicted octanol–water partition coefficient (Wildman–Crippen LogP) is 0.0224. The largest absolute Gasteiger partial charge is 0.381 e. The van der Waals surface area contributed by atoms with Crippen molar-refractivity contribution in [3.05, 3.63) is 0 Å². The number of imide groups is 2. The Hall–Kier alpha value is -1.43. The average Bonchev–Trinajstić information content (AvgIpc) is 3.00. The molecule has 0 unspecified atom stereocenters. The molecular formula is C11H14N2O4. The normalized spacial score (nSPS) is 34.6. The van der Waals surface area contributed by atoms with Gasteiger partial charge >= 0.3 is 6.03 Å². The van der Waals surface area contributed by atoms with Crippen molar-refractivity contribution in [3.63, 3.8) is 0 Å². The van der Waals surface area contributed by atoms with Crippen molar-refractivity contribution in [2.24, 2.45) is 5.41 Å². The Bertz CT molecular complexity index is 410. The Balaban J connectivity index is 1.78. The second kappa shape index (κ2) is 3.29. The van der Waals surface area contributed by atoms with Crippen LogP contribution < -0.4 is 5.32 Å². The summed E-state index contributed by atoms with van der Waals surface area (Å²) in [4.78, 5) is 36.7. The van der Waals surface area contributed by atoms with Crippen LogP contribution in [0.5, 0.6) is 0 Å². The van der Waals surface area contributed by atoms with Gasteiger partial charge in [-0.25, -0.2) is 4.79 Å². The number of amides is 4. The quantitative estimate of drug-likeness (QED) is 0.688. The standard InChI is InChI=1S/C11H14N2O4/c1-17-7-4-6(5-7)13-9(15)11(2-3-11)8(14)12-10(13)16/h6-7H,2-5H2,1H3,(H,12,14,16). The molecule has 1 spiro atoms. The highest BCUT2D eigenvalue weighted by Gasteiger charge is 2.63. The summed E-state index contributed by atoms with van der Waals surface area (Å²) in [5.74, 6) is -0.739. The van der Waals surface area contributed by atoms with E-state index in [1.165, 1.54) is 4.90 Å². The molecule has 0 aromatic heterocycles. The van der Waals surface area contributed by atoms with Gasteiger partial charge < -0.3 is 4.74 Å². The summed E-state index contributed by atoms with van der Waals surface area (Å²) in [7, 11) is 1.62. The van der Waals surface area contributed by atoms with Crippen molar-refractivity contribution in [1.82, 2.24) is 10.2 Å². The summed E-state index contributed by atoms with van der Waals surface area (Å²) in [6.45, 7) is 0. The molecule has 2 saturated carbocycles. The van der Waals surface area contributed by atoms with E-state index < -0.39 is 17.4 Å². The van der Waals surface area contributed by atoms with Crippen LogP contribution in [-0.4, -0.2) is 42.0 Å². The number of urea groups is 1. The van der Waals surface area contributed by atoms with Gasteiger partial charge in [0.2, 0.25) is 11.8 Å². The van der Waals surface area contributed by atoms with Gasteiger partial charge in [0, 0.05) is 13.2 Å². The van der Waals surface area contributed by atoms with E-state index in [1.807, 2.05) is 0 Å².